The van der Waals surface area contributed by atoms with Crippen LogP contribution in [0.4, 0.5) is 0 Å². The Balaban J connectivity index is 1.82. The Morgan fingerprint density at radius 2 is 2.25 bits per heavy atom. The molecule has 4 nitrogen and oxygen atoms in total. The van der Waals surface area contributed by atoms with Crippen LogP contribution >= 0.6 is 23.4 Å². The second kappa shape index (κ2) is 5.99. The van der Waals surface area contributed by atoms with Gasteiger partial charge >= 0.3 is 0 Å². The number of benzene rings is 1. The Morgan fingerprint density at radius 3 is 3.00 bits per heavy atom. The van der Waals surface area contributed by atoms with E-state index in [4.69, 9.17) is 11.6 Å². The summed E-state index contributed by atoms with van der Waals surface area (Å²) < 4.78 is 0. The lowest BCUT2D eigenvalue weighted by atomic mass is 10.2. The van der Waals surface area contributed by atoms with Crippen molar-refractivity contribution in [2.24, 2.45) is 0 Å². The van der Waals surface area contributed by atoms with Crippen molar-refractivity contribution >= 4 is 23.4 Å². The van der Waals surface area contributed by atoms with E-state index < -0.39 is 0 Å². The van der Waals surface area contributed by atoms with E-state index in [1.807, 2.05) is 18.2 Å². The molecule has 1 aliphatic rings. The monoisotopic (exact) mass is 307 g/mol. The summed E-state index contributed by atoms with van der Waals surface area (Å²) in [6.07, 6.45) is 4.01. The van der Waals surface area contributed by atoms with Crippen LogP contribution in [-0.2, 0) is 6.54 Å². The number of nitrogens with zero attached hydrogens (tertiary/aromatic N) is 1. The molecule has 1 saturated carbocycles. The van der Waals surface area contributed by atoms with E-state index in [-0.39, 0.29) is 5.56 Å². The van der Waals surface area contributed by atoms with Crippen molar-refractivity contribution in [3.05, 3.63) is 51.4 Å². The summed E-state index contributed by atoms with van der Waals surface area (Å²) in [7, 11) is 0. The minimum atomic E-state index is -0.151. The largest absolute Gasteiger partial charge is 0.310 e. The van der Waals surface area contributed by atoms with Gasteiger partial charge in [-0.3, -0.25) is 4.79 Å². The fourth-order valence-electron chi connectivity index (χ4n) is 1.82. The number of hydrogen-bond acceptors (Lipinski definition) is 4. The van der Waals surface area contributed by atoms with Crippen molar-refractivity contribution in [1.29, 1.82) is 0 Å². The first kappa shape index (κ1) is 13.7. The van der Waals surface area contributed by atoms with Crippen LogP contribution in [0.25, 0.3) is 0 Å². The van der Waals surface area contributed by atoms with Gasteiger partial charge in [0.2, 0.25) is 0 Å². The summed E-state index contributed by atoms with van der Waals surface area (Å²) in [5.74, 6) is 0. The topological polar surface area (TPSA) is 57.8 Å². The smallest absolute Gasteiger partial charge is 0.251 e. The third-order valence-electron chi connectivity index (χ3n) is 3.04. The molecule has 6 heteroatoms. The number of rotatable bonds is 5. The highest BCUT2D eigenvalue weighted by Crippen LogP contribution is 2.30. The predicted molar refractivity (Wildman–Crippen MR) is 80.3 cm³/mol. The molecule has 104 valence electrons. The van der Waals surface area contributed by atoms with Gasteiger partial charge in [0.25, 0.3) is 5.56 Å². The molecule has 1 aromatic carbocycles. The molecule has 0 spiro atoms. The lowest BCUT2D eigenvalue weighted by molar-refractivity contribution is 0.680. The van der Waals surface area contributed by atoms with Gasteiger partial charge in [0.15, 0.2) is 5.16 Å². The number of aromatic amines is 1. The SMILES string of the molecule is O=c1ccnc(Sc2cc(Cl)ccc2CNC2CC2)[nH]1. The van der Waals surface area contributed by atoms with Gasteiger partial charge in [0.1, 0.15) is 0 Å². The van der Waals surface area contributed by atoms with Gasteiger partial charge in [-0.15, -0.1) is 0 Å². The molecule has 2 N–H and O–H groups in total. The maximum absolute atomic E-state index is 11.3. The van der Waals surface area contributed by atoms with Gasteiger partial charge in [-0.25, -0.2) is 4.98 Å². The quantitative estimate of drug-likeness (QED) is 0.834. The first-order valence-corrected chi connectivity index (χ1v) is 7.65. The molecule has 0 amide bonds. The molecule has 0 radical (unpaired) electrons. The summed E-state index contributed by atoms with van der Waals surface area (Å²) in [6, 6.07) is 7.86. The molecule has 20 heavy (non-hydrogen) atoms. The number of hydrogen-bond donors (Lipinski definition) is 2. The zero-order valence-corrected chi connectivity index (χ0v) is 12.3. The van der Waals surface area contributed by atoms with Crippen LogP contribution in [0.2, 0.25) is 5.02 Å². The van der Waals surface area contributed by atoms with Crippen molar-refractivity contribution in [1.82, 2.24) is 15.3 Å². The van der Waals surface area contributed by atoms with Crippen molar-refractivity contribution in [2.75, 3.05) is 0 Å². The third-order valence-corrected chi connectivity index (χ3v) is 4.28. The molecule has 1 aliphatic carbocycles. The van der Waals surface area contributed by atoms with Gasteiger partial charge in [0.05, 0.1) is 0 Å². The first-order valence-electron chi connectivity index (χ1n) is 6.46. The third kappa shape index (κ3) is 3.62. The van der Waals surface area contributed by atoms with Gasteiger partial charge in [-0.1, -0.05) is 29.4 Å². The van der Waals surface area contributed by atoms with Gasteiger partial charge < -0.3 is 10.3 Å². The Kier molecular flexibility index (Phi) is 4.10. The zero-order chi connectivity index (χ0) is 13.9. The molecular formula is C14H14ClN3OS. The van der Waals surface area contributed by atoms with E-state index in [1.54, 1.807) is 0 Å². The first-order chi connectivity index (χ1) is 9.70. The van der Waals surface area contributed by atoms with Crippen LogP contribution in [0.3, 0.4) is 0 Å². The van der Waals surface area contributed by atoms with E-state index >= 15 is 0 Å². The molecule has 1 heterocycles. The van der Waals surface area contributed by atoms with Crippen LogP contribution in [0.15, 0.2) is 45.3 Å². The van der Waals surface area contributed by atoms with Gasteiger partial charge in [-0.05, 0) is 30.5 Å². The highest BCUT2D eigenvalue weighted by Gasteiger charge is 2.20. The molecule has 0 aliphatic heterocycles. The van der Waals surface area contributed by atoms with E-state index in [0.717, 1.165) is 17.0 Å². The molecule has 0 bridgehead atoms. The minimum Gasteiger partial charge on any atom is -0.310 e. The number of H-pyrrole nitrogens is 1. The Labute approximate surface area is 126 Å². The maximum Gasteiger partial charge on any atom is 0.251 e. The van der Waals surface area contributed by atoms with Crippen LogP contribution < -0.4 is 10.9 Å². The van der Waals surface area contributed by atoms with E-state index in [2.05, 4.69) is 15.3 Å². The second-order valence-corrected chi connectivity index (χ2v) is 6.22. The Bertz CT molecular complexity index is 669. The van der Waals surface area contributed by atoms with Crippen molar-refractivity contribution < 1.29 is 0 Å². The van der Waals surface area contributed by atoms with Gasteiger partial charge in [0, 0.05) is 34.8 Å². The van der Waals surface area contributed by atoms with Crippen LogP contribution in [0, 0.1) is 0 Å². The molecular weight excluding hydrogens is 294 g/mol. The van der Waals surface area contributed by atoms with Crippen LogP contribution in [-0.4, -0.2) is 16.0 Å². The molecule has 0 saturated heterocycles. The molecule has 1 fully saturated rings. The maximum atomic E-state index is 11.3. The average Bonchev–Trinajstić information content (AvgIpc) is 3.22. The lowest BCUT2D eigenvalue weighted by Crippen LogP contribution is -2.15. The number of nitrogens with one attached hydrogen (secondary N) is 2. The van der Waals surface area contributed by atoms with Crippen molar-refractivity contribution in [3.63, 3.8) is 0 Å². The summed E-state index contributed by atoms with van der Waals surface area (Å²) in [5, 5.41) is 4.74. The summed E-state index contributed by atoms with van der Waals surface area (Å²) in [6.45, 7) is 0.807. The van der Waals surface area contributed by atoms with Crippen LogP contribution in [0.1, 0.15) is 18.4 Å². The molecule has 3 rings (SSSR count). The molecule has 0 atom stereocenters. The summed E-state index contributed by atoms with van der Waals surface area (Å²) in [4.78, 5) is 19.2. The highest BCUT2D eigenvalue weighted by molar-refractivity contribution is 7.99. The average molecular weight is 308 g/mol. The number of halogens is 1. The van der Waals surface area contributed by atoms with E-state index in [0.29, 0.717) is 16.2 Å². The van der Waals surface area contributed by atoms with Crippen LogP contribution in [0.5, 0.6) is 0 Å². The van der Waals surface area contributed by atoms with Crippen molar-refractivity contribution in [3.8, 4) is 0 Å². The second-order valence-electron chi connectivity index (χ2n) is 4.75. The standard InChI is InChI=1S/C14H14ClN3OS/c15-10-2-1-9(8-17-11-3-4-11)12(7-10)20-14-16-6-5-13(19)18-14/h1-2,5-7,11,17H,3-4,8H2,(H,16,18,19). The molecule has 2 aromatic rings. The predicted octanol–water partition coefficient (Wildman–Crippen LogP) is 2.83. The lowest BCUT2D eigenvalue weighted by Gasteiger charge is -2.10. The molecule has 0 unspecified atom stereocenters. The van der Waals surface area contributed by atoms with E-state index in [1.165, 1.54) is 36.9 Å². The normalized spacial score (nSPS) is 14.4. The molecule has 1 aromatic heterocycles. The minimum absolute atomic E-state index is 0.151. The highest BCUT2D eigenvalue weighted by atomic mass is 35.5. The Hall–Kier alpha value is -1.30. The zero-order valence-electron chi connectivity index (χ0n) is 10.7. The Morgan fingerprint density at radius 1 is 1.40 bits per heavy atom. The fraction of sp³-hybridized carbons (Fsp3) is 0.286. The summed E-state index contributed by atoms with van der Waals surface area (Å²) in [5.41, 5.74) is 1.01. The number of aromatic nitrogens is 2. The fourth-order valence-corrected chi connectivity index (χ4v) is 2.99. The summed E-state index contributed by atoms with van der Waals surface area (Å²) >= 11 is 7.49. The van der Waals surface area contributed by atoms with E-state index in [9.17, 15) is 4.79 Å². The van der Waals surface area contributed by atoms with Gasteiger partial charge in [-0.2, -0.15) is 0 Å². The van der Waals surface area contributed by atoms with Crippen molar-refractivity contribution in [2.45, 2.75) is 35.5 Å².